The summed E-state index contributed by atoms with van der Waals surface area (Å²) in [5.41, 5.74) is 2.17. The van der Waals surface area contributed by atoms with E-state index in [9.17, 15) is 14.7 Å². The molecule has 2 aromatic carbocycles. The monoisotopic (exact) mass is 352 g/mol. The molecule has 6 nitrogen and oxygen atoms in total. The Morgan fingerprint density at radius 2 is 1.92 bits per heavy atom. The Morgan fingerprint density at radius 3 is 2.54 bits per heavy atom. The first-order valence-corrected chi connectivity index (χ1v) is 8.31. The zero-order valence-electron chi connectivity index (χ0n) is 14.6. The highest BCUT2D eigenvalue weighted by molar-refractivity contribution is 6.11. The number of phenols is 1. The number of nitrogens with one attached hydrogen (secondary N) is 2. The number of Topliss-reactive ketones (excluding diaryl/α,β-unsaturated/α-hetero) is 1. The molecule has 0 saturated heterocycles. The minimum Gasteiger partial charge on any atom is -0.508 e. The van der Waals surface area contributed by atoms with Crippen molar-refractivity contribution in [3.63, 3.8) is 0 Å². The number of hydrogen-bond donors (Lipinski definition) is 3. The molecule has 0 spiro atoms. The maximum atomic E-state index is 13.2. The largest absolute Gasteiger partial charge is 0.508 e. The number of ketones is 1. The SMILES string of the molecule is CCC1=C(C(=O)c2ccc(OC)cc2)C(c2cccc(O)c2)NC(=O)N1. The minimum absolute atomic E-state index is 0.0737. The number of carbonyl (C=O) groups excluding carboxylic acids is 2. The summed E-state index contributed by atoms with van der Waals surface area (Å²) in [4.78, 5) is 25.2. The van der Waals surface area contributed by atoms with Gasteiger partial charge in [0.15, 0.2) is 5.78 Å². The van der Waals surface area contributed by atoms with Gasteiger partial charge in [0.2, 0.25) is 0 Å². The summed E-state index contributed by atoms with van der Waals surface area (Å²) in [6.45, 7) is 1.88. The second-order valence-corrected chi connectivity index (χ2v) is 5.93. The van der Waals surface area contributed by atoms with Gasteiger partial charge in [-0.3, -0.25) is 4.79 Å². The Labute approximate surface area is 151 Å². The standard InChI is InChI=1S/C20H20N2O4/c1-3-16-17(19(24)12-7-9-15(26-2)10-8-12)18(22-20(25)21-16)13-5-4-6-14(23)11-13/h4-11,18,23H,3H2,1-2H3,(H2,21,22,25). The van der Waals surface area contributed by atoms with Crippen molar-refractivity contribution in [3.8, 4) is 11.5 Å². The van der Waals surface area contributed by atoms with Crippen LogP contribution in [-0.4, -0.2) is 24.0 Å². The highest BCUT2D eigenvalue weighted by Gasteiger charge is 2.32. The Bertz CT molecular complexity index is 872. The molecule has 26 heavy (non-hydrogen) atoms. The van der Waals surface area contributed by atoms with Crippen LogP contribution in [0.1, 0.15) is 35.3 Å². The summed E-state index contributed by atoms with van der Waals surface area (Å²) < 4.78 is 5.13. The first-order chi connectivity index (χ1) is 12.5. The summed E-state index contributed by atoms with van der Waals surface area (Å²) in [6.07, 6.45) is 0.500. The zero-order chi connectivity index (χ0) is 18.7. The Hall–Kier alpha value is -3.28. The van der Waals surface area contributed by atoms with Gasteiger partial charge in [-0.1, -0.05) is 19.1 Å². The molecule has 0 fully saturated rings. The molecule has 0 radical (unpaired) electrons. The molecule has 1 unspecified atom stereocenters. The van der Waals surface area contributed by atoms with Crippen LogP contribution in [0, 0.1) is 0 Å². The molecule has 0 aromatic heterocycles. The Balaban J connectivity index is 2.07. The van der Waals surface area contributed by atoms with Crippen molar-refractivity contribution in [2.24, 2.45) is 0 Å². The van der Waals surface area contributed by atoms with Gasteiger partial charge in [-0.15, -0.1) is 0 Å². The van der Waals surface area contributed by atoms with E-state index in [1.165, 1.54) is 0 Å². The highest BCUT2D eigenvalue weighted by Crippen LogP contribution is 2.32. The zero-order valence-corrected chi connectivity index (χ0v) is 14.6. The number of methoxy groups -OCH3 is 1. The van der Waals surface area contributed by atoms with Gasteiger partial charge in [0.05, 0.1) is 13.2 Å². The van der Waals surface area contributed by atoms with Crippen LogP contribution >= 0.6 is 0 Å². The summed E-state index contributed by atoms with van der Waals surface area (Å²) in [5.74, 6) is 0.542. The van der Waals surface area contributed by atoms with E-state index >= 15 is 0 Å². The molecule has 2 amide bonds. The number of hydrogen-bond acceptors (Lipinski definition) is 4. The fourth-order valence-corrected chi connectivity index (χ4v) is 3.02. The lowest BCUT2D eigenvalue weighted by Gasteiger charge is -2.29. The molecule has 1 heterocycles. The molecule has 1 aliphatic rings. The molecule has 6 heteroatoms. The average Bonchev–Trinajstić information content (AvgIpc) is 2.66. The third kappa shape index (κ3) is 3.39. The van der Waals surface area contributed by atoms with Crippen LogP contribution < -0.4 is 15.4 Å². The average molecular weight is 352 g/mol. The van der Waals surface area contributed by atoms with E-state index in [1.807, 2.05) is 6.92 Å². The van der Waals surface area contributed by atoms with E-state index in [4.69, 9.17) is 4.74 Å². The molecule has 2 aromatic rings. The Kier molecular flexibility index (Phi) is 4.93. The topological polar surface area (TPSA) is 87.7 Å². The first-order valence-electron chi connectivity index (χ1n) is 8.31. The fourth-order valence-electron chi connectivity index (χ4n) is 3.02. The second-order valence-electron chi connectivity index (χ2n) is 5.93. The van der Waals surface area contributed by atoms with Gasteiger partial charge in [-0.25, -0.2) is 4.79 Å². The number of rotatable bonds is 5. The maximum Gasteiger partial charge on any atom is 0.319 e. The quantitative estimate of drug-likeness (QED) is 0.721. The van der Waals surface area contributed by atoms with Crippen molar-refractivity contribution >= 4 is 11.8 Å². The second kappa shape index (κ2) is 7.31. The van der Waals surface area contributed by atoms with Crippen LogP contribution in [0.25, 0.3) is 0 Å². The van der Waals surface area contributed by atoms with Crippen LogP contribution in [0.5, 0.6) is 11.5 Å². The lowest BCUT2D eigenvalue weighted by molar-refractivity contribution is 0.102. The maximum absolute atomic E-state index is 13.2. The smallest absolute Gasteiger partial charge is 0.319 e. The molecule has 0 aliphatic carbocycles. The van der Waals surface area contributed by atoms with Crippen molar-refractivity contribution in [2.45, 2.75) is 19.4 Å². The summed E-state index contributed by atoms with van der Waals surface area (Å²) in [6, 6.07) is 12.4. The van der Waals surface area contributed by atoms with Gasteiger partial charge in [0, 0.05) is 16.8 Å². The number of benzene rings is 2. The van der Waals surface area contributed by atoms with E-state index in [0.717, 1.165) is 0 Å². The normalized spacial score (nSPS) is 16.7. The summed E-state index contributed by atoms with van der Waals surface area (Å²) >= 11 is 0. The molecule has 1 aliphatic heterocycles. The highest BCUT2D eigenvalue weighted by atomic mass is 16.5. The van der Waals surface area contributed by atoms with Crippen molar-refractivity contribution in [2.75, 3.05) is 7.11 Å². The molecule has 3 N–H and O–H groups in total. The number of allylic oxidation sites excluding steroid dienone is 1. The minimum atomic E-state index is -0.639. The molecular formula is C20H20N2O4. The third-order valence-corrected chi connectivity index (χ3v) is 4.31. The van der Waals surface area contributed by atoms with Gasteiger partial charge in [0.25, 0.3) is 0 Å². The number of carbonyl (C=O) groups is 2. The Morgan fingerprint density at radius 1 is 1.19 bits per heavy atom. The number of urea groups is 1. The summed E-state index contributed by atoms with van der Waals surface area (Å²) in [7, 11) is 1.56. The van der Waals surface area contributed by atoms with Crippen molar-refractivity contribution in [1.29, 1.82) is 0 Å². The van der Waals surface area contributed by atoms with Crippen LogP contribution in [0.2, 0.25) is 0 Å². The van der Waals surface area contributed by atoms with E-state index in [-0.39, 0.29) is 17.6 Å². The van der Waals surface area contributed by atoms with Gasteiger partial charge in [0.1, 0.15) is 11.5 Å². The van der Waals surface area contributed by atoms with Gasteiger partial charge in [-0.2, -0.15) is 0 Å². The van der Waals surface area contributed by atoms with Crippen molar-refractivity contribution in [1.82, 2.24) is 10.6 Å². The van der Waals surface area contributed by atoms with Crippen molar-refractivity contribution < 1.29 is 19.4 Å². The molecule has 0 saturated carbocycles. The molecule has 1 atom stereocenters. The molecule has 134 valence electrons. The van der Waals surface area contributed by atoms with Gasteiger partial charge >= 0.3 is 6.03 Å². The van der Waals surface area contributed by atoms with Crippen LogP contribution in [0.3, 0.4) is 0 Å². The number of amides is 2. The third-order valence-electron chi connectivity index (χ3n) is 4.31. The molecule has 0 bridgehead atoms. The van der Waals surface area contributed by atoms with Crippen molar-refractivity contribution in [3.05, 3.63) is 70.9 Å². The van der Waals surface area contributed by atoms with Crippen LogP contribution in [-0.2, 0) is 0 Å². The van der Waals surface area contributed by atoms with Gasteiger partial charge < -0.3 is 20.5 Å². The molecular weight excluding hydrogens is 332 g/mol. The predicted molar refractivity (Wildman–Crippen MR) is 97.2 cm³/mol. The number of phenolic OH excluding ortho intramolecular Hbond substituents is 1. The predicted octanol–water partition coefficient (Wildman–Crippen LogP) is 3.30. The van der Waals surface area contributed by atoms with E-state index < -0.39 is 6.04 Å². The first kappa shape index (κ1) is 17.5. The van der Waals surface area contributed by atoms with E-state index in [1.54, 1.807) is 55.6 Å². The number of aromatic hydroxyl groups is 1. The van der Waals surface area contributed by atoms with Gasteiger partial charge in [-0.05, 0) is 48.4 Å². The molecule has 3 rings (SSSR count). The lowest BCUT2D eigenvalue weighted by Crippen LogP contribution is -2.45. The number of ether oxygens (including phenoxy) is 1. The summed E-state index contributed by atoms with van der Waals surface area (Å²) in [5, 5.41) is 15.3. The van der Waals surface area contributed by atoms with E-state index in [2.05, 4.69) is 10.6 Å². The van der Waals surface area contributed by atoms with E-state index in [0.29, 0.717) is 34.6 Å². The van der Waals surface area contributed by atoms with Crippen LogP contribution in [0.15, 0.2) is 59.8 Å². The van der Waals surface area contributed by atoms with Crippen LogP contribution in [0.4, 0.5) is 4.79 Å². The lowest BCUT2D eigenvalue weighted by atomic mass is 9.88. The fraction of sp³-hybridized carbons (Fsp3) is 0.200.